The van der Waals surface area contributed by atoms with Crippen LogP contribution in [0.1, 0.15) is 50.7 Å². The fraction of sp³-hybridized carbons (Fsp3) is 0.812. The summed E-state index contributed by atoms with van der Waals surface area (Å²) in [5.74, 6) is 0. The van der Waals surface area contributed by atoms with Gasteiger partial charge in [0.15, 0.2) is 5.13 Å². The van der Waals surface area contributed by atoms with Crippen LogP contribution in [0.15, 0.2) is 0 Å². The summed E-state index contributed by atoms with van der Waals surface area (Å²) in [6.07, 6.45) is 2.26. The van der Waals surface area contributed by atoms with Crippen LogP contribution in [0, 0.1) is 5.41 Å². The molecule has 0 radical (unpaired) electrons. The molecule has 1 aliphatic carbocycles. The molecular formula is C16H29N3OS. The summed E-state index contributed by atoms with van der Waals surface area (Å²) in [6.45, 7) is 10.8. The number of nitrogens with zero attached hydrogens (tertiary/aromatic N) is 2. The van der Waals surface area contributed by atoms with E-state index in [2.05, 4.69) is 45.0 Å². The minimum atomic E-state index is 0.321. The van der Waals surface area contributed by atoms with E-state index in [4.69, 9.17) is 9.72 Å². The topological polar surface area (TPSA) is 37.4 Å². The number of likely N-dealkylation sites (N-methyl/N-ethyl adjacent to an activating group) is 1. The number of aromatic nitrogens is 1. The van der Waals surface area contributed by atoms with Crippen LogP contribution < -0.4 is 10.2 Å². The molecule has 4 nitrogen and oxygen atoms in total. The normalized spacial score (nSPS) is 21.9. The largest absolute Gasteiger partial charge is 0.383 e. The van der Waals surface area contributed by atoms with Gasteiger partial charge in [-0.3, -0.25) is 0 Å². The van der Waals surface area contributed by atoms with E-state index in [1.54, 1.807) is 7.11 Å². The molecule has 1 N–H and O–H groups in total. The van der Waals surface area contributed by atoms with Gasteiger partial charge in [0.2, 0.25) is 0 Å². The lowest BCUT2D eigenvalue weighted by atomic mass is 9.76. The number of thiazole rings is 1. The van der Waals surface area contributed by atoms with Crippen LogP contribution in [0.5, 0.6) is 0 Å². The first-order valence-electron chi connectivity index (χ1n) is 7.82. The predicted molar refractivity (Wildman–Crippen MR) is 90.4 cm³/mol. The Morgan fingerprint density at radius 2 is 2.24 bits per heavy atom. The van der Waals surface area contributed by atoms with Crippen molar-refractivity contribution in [1.29, 1.82) is 0 Å². The maximum absolute atomic E-state index is 5.26. The second kappa shape index (κ2) is 6.63. The molecule has 0 spiro atoms. The summed E-state index contributed by atoms with van der Waals surface area (Å²) in [4.78, 5) is 8.60. The van der Waals surface area contributed by atoms with Gasteiger partial charge in [-0.05, 0) is 31.7 Å². The third-order valence-electron chi connectivity index (χ3n) is 4.26. The Labute approximate surface area is 132 Å². The molecule has 21 heavy (non-hydrogen) atoms. The molecule has 1 heterocycles. The van der Waals surface area contributed by atoms with E-state index in [-0.39, 0.29) is 0 Å². The van der Waals surface area contributed by atoms with E-state index < -0.39 is 0 Å². The molecule has 2 unspecified atom stereocenters. The Morgan fingerprint density at radius 1 is 1.52 bits per heavy atom. The van der Waals surface area contributed by atoms with Gasteiger partial charge >= 0.3 is 0 Å². The first-order chi connectivity index (χ1) is 9.88. The third-order valence-corrected chi connectivity index (χ3v) is 5.56. The number of nitrogens with one attached hydrogen (secondary N) is 1. The van der Waals surface area contributed by atoms with E-state index in [1.165, 1.54) is 17.0 Å². The van der Waals surface area contributed by atoms with E-state index >= 15 is 0 Å². The van der Waals surface area contributed by atoms with Crippen molar-refractivity contribution in [3.8, 4) is 0 Å². The Morgan fingerprint density at radius 3 is 2.86 bits per heavy atom. The highest BCUT2D eigenvalue weighted by Gasteiger charge is 2.35. The van der Waals surface area contributed by atoms with Crippen molar-refractivity contribution in [3.63, 3.8) is 0 Å². The summed E-state index contributed by atoms with van der Waals surface area (Å²) in [6, 6.07) is 0.791. The van der Waals surface area contributed by atoms with Gasteiger partial charge in [0, 0.05) is 25.1 Å². The summed E-state index contributed by atoms with van der Waals surface area (Å²) < 4.78 is 5.26. The molecule has 0 amide bonds. The number of hydrogen-bond acceptors (Lipinski definition) is 5. The summed E-state index contributed by atoms with van der Waals surface area (Å²) in [5, 5.41) is 4.75. The lowest BCUT2D eigenvalue weighted by molar-refractivity contribution is 0.183. The van der Waals surface area contributed by atoms with Gasteiger partial charge in [-0.2, -0.15) is 0 Å². The molecule has 1 aromatic heterocycles. The first kappa shape index (κ1) is 16.7. The Balaban J connectivity index is 2.26. The smallest absolute Gasteiger partial charge is 0.185 e. The number of rotatable bonds is 6. The molecule has 1 aromatic rings. The quantitative estimate of drug-likeness (QED) is 0.875. The number of fused-ring (bicyclic) bond motifs is 1. The molecule has 0 saturated carbocycles. The van der Waals surface area contributed by atoms with Crippen molar-refractivity contribution >= 4 is 16.5 Å². The summed E-state index contributed by atoms with van der Waals surface area (Å²) >= 11 is 1.84. The summed E-state index contributed by atoms with van der Waals surface area (Å²) in [5.41, 5.74) is 1.61. The van der Waals surface area contributed by atoms with Crippen molar-refractivity contribution in [3.05, 3.63) is 10.6 Å². The van der Waals surface area contributed by atoms with E-state index in [9.17, 15) is 0 Å². The van der Waals surface area contributed by atoms with Crippen LogP contribution in [-0.2, 0) is 11.2 Å². The zero-order valence-corrected chi connectivity index (χ0v) is 15.0. The van der Waals surface area contributed by atoms with Crippen LogP contribution in [0.25, 0.3) is 0 Å². The highest BCUT2D eigenvalue weighted by molar-refractivity contribution is 7.15. The van der Waals surface area contributed by atoms with Gasteiger partial charge in [-0.25, -0.2) is 4.98 Å². The molecule has 0 fully saturated rings. The molecule has 0 saturated heterocycles. The maximum Gasteiger partial charge on any atom is 0.185 e. The second-order valence-electron chi connectivity index (χ2n) is 6.88. The SMILES string of the molecule is CCNC1CC(C)(C)Cc2nc(N(C)C(C)COC)sc21. The first-order valence-corrected chi connectivity index (χ1v) is 8.64. The Hall–Kier alpha value is -0.650. The Kier molecular flexibility index (Phi) is 5.28. The standard InChI is InChI=1S/C16H29N3OS/c1-7-17-12-8-16(3,4)9-13-14(12)21-15(18-13)19(5)11(2)10-20-6/h11-12,17H,7-10H2,1-6H3. The molecule has 120 valence electrons. The molecule has 0 aromatic carbocycles. The highest BCUT2D eigenvalue weighted by Crippen LogP contribution is 2.44. The molecule has 0 bridgehead atoms. The van der Waals surface area contributed by atoms with Crippen LogP contribution in [0.4, 0.5) is 5.13 Å². The third kappa shape index (κ3) is 3.76. The maximum atomic E-state index is 5.26. The van der Waals surface area contributed by atoms with Crippen molar-refractivity contribution in [1.82, 2.24) is 10.3 Å². The fourth-order valence-corrected chi connectivity index (χ4v) is 4.24. The molecule has 1 aliphatic rings. The van der Waals surface area contributed by atoms with Gasteiger partial charge in [0.25, 0.3) is 0 Å². The van der Waals surface area contributed by atoms with Crippen LogP contribution in [0.2, 0.25) is 0 Å². The zero-order chi connectivity index (χ0) is 15.6. The van der Waals surface area contributed by atoms with Gasteiger partial charge in [-0.1, -0.05) is 32.1 Å². The van der Waals surface area contributed by atoms with Gasteiger partial charge in [0.05, 0.1) is 18.3 Å². The molecule has 0 aliphatic heterocycles. The van der Waals surface area contributed by atoms with Gasteiger partial charge in [-0.15, -0.1) is 0 Å². The molecule has 2 atom stereocenters. The van der Waals surface area contributed by atoms with E-state index in [0.29, 0.717) is 17.5 Å². The number of methoxy groups -OCH3 is 1. The predicted octanol–water partition coefficient (Wildman–Crippen LogP) is 3.24. The van der Waals surface area contributed by atoms with Crippen molar-refractivity contribution in [2.45, 2.75) is 52.6 Å². The van der Waals surface area contributed by atoms with Crippen molar-refractivity contribution in [2.75, 3.05) is 32.2 Å². The van der Waals surface area contributed by atoms with E-state index in [0.717, 1.165) is 24.7 Å². The molecule has 2 rings (SSSR count). The Bertz CT molecular complexity index is 472. The highest BCUT2D eigenvalue weighted by atomic mass is 32.1. The zero-order valence-electron chi connectivity index (χ0n) is 14.2. The van der Waals surface area contributed by atoms with Crippen molar-refractivity contribution in [2.24, 2.45) is 5.41 Å². The van der Waals surface area contributed by atoms with Gasteiger partial charge < -0.3 is 15.0 Å². The van der Waals surface area contributed by atoms with E-state index in [1.807, 2.05) is 11.3 Å². The van der Waals surface area contributed by atoms with Crippen LogP contribution >= 0.6 is 11.3 Å². The van der Waals surface area contributed by atoms with Gasteiger partial charge in [0.1, 0.15) is 0 Å². The lowest BCUT2D eigenvalue weighted by Crippen LogP contribution is -2.32. The lowest BCUT2D eigenvalue weighted by Gasteiger charge is -2.34. The molecule has 5 heteroatoms. The number of anilines is 1. The van der Waals surface area contributed by atoms with Crippen LogP contribution in [0.3, 0.4) is 0 Å². The molecular weight excluding hydrogens is 282 g/mol. The minimum absolute atomic E-state index is 0.321. The fourth-order valence-electron chi connectivity index (χ4n) is 3.02. The average Bonchev–Trinajstić information content (AvgIpc) is 2.80. The average molecular weight is 311 g/mol. The van der Waals surface area contributed by atoms with Crippen molar-refractivity contribution < 1.29 is 4.74 Å². The summed E-state index contributed by atoms with van der Waals surface area (Å²) in [7, 11) is 3.86. The van der Waals surface area contributed by atoms with Crippen LogP contribution in [-0.4, -0.2) is 38.3 Å². The second-order valence-corrected chi connectivity index (χ2v) is 7.89. The minimum Gasteiger partial charge on any atom is -0.383 e. The monoisotopic (exact) mass is 311 g/mol. The number of hydrogen-bond donors (Lipinski definition) is 1. The number of ether oxygens (including phenoxy) is 1.